The van der Waals surface area contributed by atoms with Gasteiger partial charge in [-0.15, -0.1) is 0 Å². The van der Waals surface area contributed by atoms with Crippen molar-refractivity contribution in [3.05, 3.63) is 29.8 Å². The zero-order valence-corrected chi connectivity index (χ0v) is 11.5. The molecule has 5 nitrogen and oxygen atoms in total. The number of likely N-dealkylation sites (tertiary alicyclic amines) is 1. The third-order valence-corrected chi connectivity index (χ3v) is 3.78. The van der Waals surface area contributed by atoms with Crippen molar-refractivity contribution in [1.29, 1.82) is 5.26 Å². The Morgan fingerprint density at radius 1 is 1.50 bits per heavy atom. The van der Waals surface area contributed by atoms with Crippen molar-refractivity contribution in [2.45, 2.75) is 18.9 Å². The number of benzene rings is 1. The van der Waals surface area contributed by atoms with Crippen LogP contribution in [0.3, 0.4) is 0 Å². The average molecular weight is 274 g/mol. The van der Waals surface area contributed by atoms with Crippen LogP contribution in [-0.2, 0) is 4.79 Å². The van der Waals surface area contributed by atoms with Gasteiger partial charge in [0.1, 0.15) is 11.8 Å². The lowest BCUT2D eigenvalue weighted by atomic mass is 9.94. The van der Waals surface area contributed by atoms with Gasteiger partial charge < -0.3 is 9.84 Å². The molecule has 0 amide bonds. The molecule has 0 radical (unpaired) electrons. The normalized spacial score (nSPS) is 18.2. The minimum atomic E-state index is -0.737. The first-order valence-electron chi connectivity index (χ1n) is 6.66. The smallest absolute Gasteiger partial charge is 0.306 e. The van der Waals surface area contributed by atoms with Crippen LogP contribution >= 0.6 is 0 Å². The summed E-state index contributed by atoms with van der Waals surface area (Å²) in [4.78, 5) is 13.0. The van der Waals surface area contributed by atoms with Gasteiger partial charge >= 0.3 is 5.97 Å². The molecule has 1 aliphatic heterocycles. The topological polar surface area (TPSA) is 73.6 Å². The summed E-state index contributed by atoms with van der Waals surface area (Å²) in [7, 11) is 1.60. The Labute approximate surface area is 118 Å². The molecule has 1 atom stereocenters. The van der Waals surface area contributed by atoms with Gasteiger partial charge in [-0.1, -0.05) is 12.1 Å². The van der Waals surface area contributed by atoms with Crippen molar-refractivity contribution in [2.75, 3.05) is 20.2 Å². The van der Waals surface area contributed by atoms with Crippen molar-refractivity contribution in [3.8, 4) is 11.8 Å². The van der Waals surface area contributed by atoms with Crippen molar-refractivity contribution in [1.82, 2.24) is 4.90 Å². The predicted octanol–water partition coefficient (Wildman–Crippen LogP) is 2.06. The van der Waals surface area contributed by atoms with E-state index in [0.717, 1.165) is 11.3 Å². The van der Waals surface area contributed by atoms with Crippen LogP contribution in [0, 0.1) is 17.2 Å². The molecule has 0 saturated carbocycles. The molecule has 0 spiro atoms. The summed E-state index contributed by atoms with van der Waals surface area (Å²) in [6, 6.07) is 9.43. The number of rotatable bonds is 4. The number of carbonyl (C=O) groups is 1. The molecule has 0 aliphatic carbocycles. The lowest BCUT2D eigenvalue weighted by molar-refractivity contribution is -0.143. The molecular weight excluding hydrogens is 256 g/mol. The van der Waals surface area contributed by atoms with Gasteiger partial charge in [0, 0.05) is 13.1 Å². The Balaban J connectivity index is 2.10. The standard InChI is InChI=1S/C15H18N2O3/c1-20-13-4-2-3-12(9-13)14(10-16)17-7-5-11(6-8-17)15(18)19/h2-4,9,11,14H,5-8H2,1H3,(H,18,19). The highest BCUT2D eigenvalue weighted by Gasteiger charge is 2.29. The highest BCUT2D eigenvalue weighted by molar-refractivity contribution is 5.70. The molecule has 0 bridgehead atoms. The van der Waals surface area contributed by atoms with Crippen molar-refractivity contribution in [2.24, 2.45) is 5.92 Å². The summed E-state index contributed by atoms with van der Waals surface area (Å²) in [6.07, 6.45) is 1.19. The third-order valence-electron chi connectivity index (χ3n) is 3.78. The van der Waals surface area contributed by atoms with Crippen molar-refractivity contribution >= 4 is 5.97 Å². The van der Waals surface area contributed by atoms with E-state index in [4.69, 9.17) is 9.84 Å². The second kappa shape index (κ2) is 6.40. The molecule has 106 valence electrons. The number of aliphatic carboxylic acids is 1. The van der Waals surface area contributed by atoms with Crippen molar-refractivity contribution in [3.63, 3.8) is 0 Å². The molecule has 20 heavy (non-hydrogen) atoms. The number of piperidine rings is 1. The molecule has 1 unspecified atom stereocenters. The number of carboxylic acid groups (broad SMARTS) is 1. The van der Waals surface area contributed by atoms with Crippen molar-refractivity contribution < 1.29 is 14.6 Å². The molecule has 1 aromatic rings. The first kappa shape index (κ1) is 14.4. The largest absolute Gasteiger partial charge is 0.497 e. The molecule has 1 aromatic carbocycles. The Bertz CT molecular complexity index is 516. The highest BCUT2D eigenvalue weighted by atomic mass is 16.5. The zero-order chi connectivity index (χ0) is 14.5. The molecule has 0 aromatic heterocycles. The predicted molar refractivity (Wildman–Crippen MR) is 73.3 cm³/mol. The lowest BCUT2D eigenvalue weighted by Gasteiger charge is -2.33. The molecule has 1 fully saturated rings. The van der Waals surface area contributed by atoms with Gasteiger partial charge in [-0.25, -0.2) is 0 Å². The summed E-state index contributed by atoms with van der Waals surface area (Å²) >= 11 is 0. The fourth-order valence-electron chi connectivity index (χ4n) is 2.58. The SMILES string of the molecule is COc1cccc(C(C#N)N2CCC(C(=O)O)CC2)c1. The summed E-state index contributed by atoms with van der Waals surface area (Å²) in [5.41, 5.74) is 0.889. The van der Waals surface area contributed by atoms with E-state index in [9.17, 15) is 10.1 Å². The van der Waals surface area contributed by atoms with Crippen LogP contribution in [0.25, 0.3) is 0 Å². The van der Waals surface area contributed by atoms with E-state index in [1.165, 1.54) is 0 Å². The molecule has 5 heteroatoms. The van der Waals surface area contributed by atoms with Crippen LogP contribution in [0.5, 0.6) is 5.75 Å². The maximum absolute atomic E-state index is 11.0. The Hall–Kier alpha value is -2.06. The third kappa shape index (κ3) is 3.09. The number of hydrogen-bond acceptors (Lipinski definition) is 4. The maximum atomic E-state index is 11.0. The Morgan fingerprint density at radius 2 is 2.20 bits per heavy atom. The minimum Gasteiger partial charge on any atom is -0.497 e. The number of carboxylic acids is 1. The fourth-order valence-corrected chi connectivity index (χ4v) is 2.58. The van der Waals surface area contributed by atoms with Crippen LogP contribution in [0.2, 0.25) is 0 Å². The molecular formula is C15H18N2O3. The van der Waals surface area contributed by atoms with E-state index in [0.29, 0.717) is 25.9 Å². The van der Waals surface area contributed by atoms with Gasteiger partial charge in [-0.05, 0) is 30.5 Å². The van der Waals surface area contributed by atoms with Crippen LogP contribution in [-0.4, -0.2) is 36.2 Å². The van der Waals surface area contributed by atoms with Gasteiger partial charge in [-0.2, -0.15) is 5.26 Å². The van der Waals surface area contributed by atoms with Crippen LogP contribution < -0.4 is 4.74 Å². The summed E-state index contributed by atoms with van der Waals surface area (Å²) in [5, 5.41) is 18.4. The minimum absolute atomic E-state index is 0.282. The monoisotopic (exact) mass is 274 g/mol. The van der Waals surface area contributed by atoms with E-state index >= 15 is 0 Å². The fraction of sp³-hybridized carbons (Fsp3) is 0.467. The number of nitriles is 1. The van der Waals surface area contributed by atoms with Crippen LogP contribution in [0.15, 0.2) is 24.3 Å². The van der Waals surface area contributed by atoms with E-state index in [2.05, 4.69) is 6.07 Å². The highest BCUT2D eigenvalue weighted by Crippen LogP contribution is 2.28. The average Bonchev–Trinajstić information content (AvgIpc) is 2.49. The number of nitrogens with zero attached hydrogens (tertiary/aromatic N) is 2. The number of methoxy groups -OCH3 is 1. The number of ether oxygens (including phenoxy) is 1. The summed E-state index contributed by atoms with van der Waals surface area (Å²) < 4.78 is 5.18. The van der Waals surface area contributed by atoms with E-state index in [1.54, 1.807) is 7.11 Å². The van der Waals surface area contributed by atoms with Crippen LogP contribution in [0.4, 0.5) is 0 Å². The van der Waals surface area contributed by atoms with Gasteiger partial charge in [0.25, 0.3) is 0 Å². The first-order valence-corrected chi connectivity index (χ1v) is 6.66. The van der Waals surface area contributed by atoms with Gasteiger partial charge in [0.15, 0.2) is 0 Å². The van der Waals surface area contributed by atoms with Crippen LogP contribution in [0.1, 0.15) is 24.4 Å². The second-order valence-corrected chi connectivity index (χ2v) is 4.96. The van der Waals surface area contributed by atoms with Gasteiger partial charge in [-0.3, -0.25) is 9.69 Å². The quantitative estimate of drug-likeness (QED) is 0.909. The Kier molecular flexibility index (Phi) is 4.59. The summed E-state index contributed by atoms with van der Waals surface area (Å²) in [6.45, 7) is 1.26. The van der Waals surface area contributed by atoms with E-state index in [-0.39, 0.29) is 12.0 Å². The molecule has 1 saturated heterocycles. The number of hydrogen-bond donors (Lipinski definition) is 1. The molecule has 2 rings (SSSR count). The van der Waals surface area contributed by atoms with E-state index in [1.807, 2.05) is 29.2 Å². The zero-order valence-electron chi connectivity index (χ0n) is 11.5. The molecule has 1 aliphatic rings. The van der Waals surface area contributed by atoms with Gasteiger partial charge in [0.2, 0.25) is 0 Å². The lowest BCUT2D eigenvalue weighted by Crippen LogP contribution is -2.38. The molecule has 1 heterocycles. The summed E-state index contributed by atoms with van der Waals surface area (Å²) in [5.74, 6) is -0.293. The second-order valence-electron chi connectivity index (χ2n) is 4.96. The first-order chi connectivity index (χ1) is 9.65. The Morgan fingerprint density at radius 3 is 2.75 bits per heavy atom. The molecule has 1 N–H and O–H groups in total. The maximum Gasteiger partial charge on any atom is 0.306 e. The van der Waals surface area contributed by atoms with Gasteiger partial charge in [0.05, 0.1) is 19.1 Å². The van der Waals surface area contributed by atoms with E-state index < -0.39 is 5.97 Å².